The molecule has 0 radical (unpaired) electrons. The molecule has 1 fully saturated rings. The summed E-state index contributed by atoms with van der Waals surface area (Å²) < 4.78 is 0. The van der Waals surface area contributed by atoms with E-state index in [2.05, 4.69) is 39.5 Å². The summed E-state index contributed by atoms with van der Waals surface area (Å²) in [5.41, 5.74) is 0.178. The maximum absolute atomic E-state index is 6.58. The molecule has 0 spiro atoms. The first-order valence-corrected chi connectivity index (χ1v) is 6.34. The standard InChI is InChI=1S/C13H15ClS/c1-11(2)12(3,4)13(11,14)8-7-10-6-5-9-15-10/h5-6,9H,1-4H3. The van der Waals surface area contributed by atoms with Crippen LogP contribution >= 0.6 is 22.9 Å². The third-order valence-electron chi connectivity index (χ3n) is 4.10. The van der Waals surface area contributed by atoms with Crippen molar-refractivity contribution in [1.82, 2.24) is 0 Å². The van der Waals surface area contributed by atoms with E-state index in [1.165, 1.54) is 0 Å². The number of thiophene rings is 1. The minimum Gasteiger partial charge on any atom is -0.135 e. The predicted octanol–water partition coefficient (Wildman–Crippen LogP) is 4.14. The number of halogens is 1. The number of alkyl halides is 1. The summed E-state index contributed by atoms with van der Waals surface area (Å²) >= 11 is 8.23. The van der Waals surface area contributed by atoms with E-state index >= 15 is 0 Å². The molecular formula is C13H15ClS. The minimum absolute atomic E-state index is 0.0891. The van der Waals surface area contributed by atoms with Gasteiger partial charge in [-0.05, 0) is 11.4 Å². The SMILES string of the molecule is CC1(C)C(C)(C)C1(Cl)C#Cc1cccs1. The molecule has 1 aliphatic rings. The van der Waals surface area contributed by atoms with Crippen molar-refractivity contribution in [3.63, 3.8) is 0 Å². The molecule has 0 aliphatic heterocycles. The first-order chi connectivity index (χ1) is 6.83. The quantitative estimate of drug-likeness (QED) is 0.471. The van der Waals surface area contributed by atoms with Crippen LogP contribution in [0.5, 0.6) is 0 Å². The van der Waals surface area contributed by atoms with Crippen LogP contribution in [-0.2, 0) is 0 Å². The van der Waals surface area contributed by atoms with Crippen LogP contribution in [0.15, 0.2) is 17.5 Å². The highest BCUT2D eigenvalue weighted by Crippen LogP contribution is 2.74. The van der Waals surface area contributed by atoms with E-state index in [0.717, 1.165) is 4.88 Å². The Morgan fingerprint density at radius 1 is 1.20 bits per heavy atom. The normalized spacial score (nSPS) is 24.1. The predicted molar refractivity (Wildman–Crippen MR) is 67.3 cm³/mol. The van der Waals surface area contributed by atoms with Gasteiger partial charge >= 0.3 is 0 Å². The lowest BCUT2D eigenvalue weighted by Crippen LogP contribution is -2.05. The van der Waals surface area contributed by atoms with E-state index in [1.54, 1.807) is 11.3 Å². The van der Waals surface area contributed by atoms with Gasteiger partial charge in [0.2, 0.25) is 0 Å². The van der Waals surface area contributed by atoms with Crippen molar-refractivity contribution >= 4 is 22.9 Å². The van der Waals surface area contributed by atoms with Gasteiger partial charge in [0, 0.05) is 10.8 Å². The molecule has 1 saturated carbocycles. The van der Waals surface area contributed by atoms with Crippen LogP contribution < -0.4 is 0 Å². The summed E-state index contributed by atoms with van der Waals surface area (Å²) in [5.74, 6) is 6.42. The van der Waals surface area contributed by atoms with Gasteiger partial charge in [0.1, 0.15) is 4.87 Å². The molecule has 0 N–H and O–H groups in total. The summed E-state index contributed by atoms with van der Waals surface area (Å²) in [7, 11) is 0. The fourth-order valence-corrected chi connectivity index (χ4v) is 3.10. The van der Waals surface area contributed by atoms with Crippen LogP contribution in [0.4, 0.5) is 0 Å². The Balaban J connectivity index is 2.29. The van der Waals surface area contributed by atoms with Gasteiger partial charge in [-0.3, -0.25) is 0 Å². The smallest absolute Gasteiger partial charge is 0.117 e. The lowest BCUT2D eigenvalue weighted by Gasteiger charge is -2.02. The largest absolute Gasteiger partial charge is 0.135 e. The van der Waals surface area contributed by atoms with Crippen LogP contribution in [0.25, 0.3) is 0 Å². The topological polar surface area (TPSA) is 0 Å². The Morgan fingerprint density at radius 3 is 2.20 bits per heavy atom. The molecule has 1 aromatic heterocycles. The van der Waals surface area contributed by atoms with Crippen molar-refractivity contribution in [2.24, 2.45) is 10.8 Å². The molecule has 2 rings (SSSR count). The van der Waals surface area contributed by atoms with E-state index in [1.807, 2.05) is 17.5 Å². The molecule has 15 heavy (non-hydrogen) atoms. The maximum Gasteiger partial charge on any atom is 0.117 e. The van der Waals surface area contributed by atoms with Crippen LogP contribution in [0, 0.1) is 22.7 Å². The summed E-state index contributed by atoms with van der Waals surface area (Å²) in [6, 6.07) is 4.04. The highest BCUT2D eigenvalue weighted by molar-refractivity contribution is 7.10. The highest BCUT2D eigenvalue weighted by Gasteiger charge is 2.76. The van der Waals surface area contributed by atoms with E-state index in [-0.39, 0.29) is 15.7 Å². The first kappa shape index (κ1) is 11.0. The van der Waals surface area contributed by atoms with E-state index in [4.69, 9.17) is 11.6 Å². The molecule has 80 valence electrons. The molecule has 0 saturated heterocycles. The molecule has 1 aliphatic carbocycles. The molecule has 1 aromatic rings. The Bertz CT molecular complexity index is 415. The lowest BCUT2D eigenvalue weighted by molar-refractivity contribution is 0.457. The molecule has 0 bridgehead atoms. The van der Waals surface area contributed by atoms with Gasteiger partial charge < -0.3 is 0 Å². The van der Waals surface area contributed by atoms with Gasteiger partial charge in [-0.1, -0.05) is 45.6 Å². The lowest BCUT2D eigenvalue weighted by atomic mass is 10.0. The molecule has 0 unspecified atom stereocenters. The Hall–Kier alpha value is -0.450. The summed E-state index contributed by atoms with van der Waals surface area (Å²) in [6.45, 7) is 8.73. The third-order valence-corrected chi connectivity index (χ3v) is 5.93. The van der Waals surface area contributed by atoms with Crippen LogP contribution in [-0.4, -0.2) is 4.87 Å². The second kappa shape index (κ2) is 3.03. The van der Waals surface area contributed by atoms with Gasteiger partial charge in [-0.25, -0.2) is 0 Å². The molecule has 0 nitrogen and oxygen atoms in total. The fraction of sp³-hybridized carbons (Fsp3) is 0.538. The number of hydrogen-bond donors (Lipinski definition) is 0. The molecule has 0 atom stereocenters. The average Bonchev–Trinajstić information content (AvgIpc) is 2.62. The summed E-state index contributed by atoms with van der Waals surface area (Å²) in [4.78, 5) is 0.720. The summed E-state index contributed by atoms with van der Waals surface area (Å²) in [5, 5.41) is 2.04. The van der Waals surface area contributed by atoms with E-state index < -0.39 is 0 Å². The fourth-order valence-electron chi connectivity index (χ4n) is 2.05. The van der Waals surface area contributed by atoms with Gasteiger partial charge in [-0.2, -0.15) is 0 Å². The molecule has 0 aromatic carbocycles. The van der Waals surface area contributed by atoms with Crippen molar-refractivity contribution in [3.05, 3.63) is 22.4 Å². The zero-order valence-corrected chi connectivity index (χ0v) is 11.1. The minimum atomic E-state index is -0.371. The Labute approximate surface area is 101 Å². The van der Waals surface area contributed by atoms with Crippen LogP contribution in [0.2, 0.25) is 0 Å². The Morgan fingerprint density at radius 2 is 1.80 bits per heavy atom. The molecule has 0 amide bonds. The van der Waals surface area contributed by atoms with Crippen LogP contribution in [0.1, 0.15) is 32.6 Å². The number of rotatable bonds is 0. The summed E-state index contributed by atoms with van der Waals surface area (Å²) in [6.07, 6.45) is 0. The first-order valence-electron chi connectivity index (χ1n) is 5.08. The van der Waals surface area contributed by atoms with Crippen molar-refractivity contribution in [1.29, 1.82) is 0 Å². The zero-order valence-electron chi connectivity index (χ0n) is 9.52. The zero-order chi connectivity index (χ0) is 11.3. The van der Waals surface area contributed by atoms with E-state index in [9.17, 15) is 0 Å². The Kier molecular flexibility index (Phi) is 2.23. The van der Waals surface area contributed by atoms with Crippen molar-refractivity contribution in [2.75, 3.05) is 0 Å². The van der Waals surface area contributed by atoms with Crippen molar-refractivity contribution in [2.45, 2.75) is 32.6 Å². The molecule has 2 heteroatoms. The van der Waals surface area contributed by atoms with Gasteiger partial charge in [0.25, 0.3) is 0 Å². The van der Waals surface area contributed by atoms with Gasteiger partial charge in [-0.15, -0.1) is 22.9 Å². The van der Waals surface area contributed by atoms with Gasteiger partial charge in [0.05, 0.1) is 4.88 Å². The third kappa shape index (κ3) is 1.28. The second-order valence-corrected chi connectivity index (χ2v) is 6.65. The molecule has 1 heterocycles. The monoisotopic (exact) mass is 238 g/mol. The number of hydrogen-bond acceptors (Lipinski definition) is 1. The van der Waals surface area contributed by atoms with Crippen LogP contribution in [0.3, 0.4) is 0 Å². The average molecular weight is 239 g/mol. The highest BCUT2D eigenvalue weighted by atomic mass is 35.5. The van der Waals surface area contributed by atoms with Crippen molar-refractivity contribution in [3.8, 4) is 11.8 Å². The van der Waals surface area contributed by atoms with Crippen molar-refractivity contribution < 1.29 is 0 Å². The maximum atomic E-state index is 6.58. The van der Waals surface area contributed by atoms with E-state index in [0.29, 0.717) is 0 Å². The van der Waals surface area contributed by atoms with Gasteiger partial charge in [0.15, 0.2) is 0 Å². The molecular weight excluding hydrogens is 224 g/mol. The second-order valence-electron chi connectivity index (χ2n) is 5.14.